The lowest BCUT2D eigenvalue weighted by Crippen LogP contribution is -2.05. The van der Waals surface area contributed by atoms with E-state index in [1.54, 1.807) is 18.2 Å². The lowest BCUT2D eigenvalue weighted by molar-refractivity contribution is 0.104. The average Bonchev–Trinajstić information content (AvgIpc) is 2.75. The molecule has 0 atom stereocenters. The fraction of sp³-hybridized carbons (Fsp3) is 0.346. The topological polar surface area (TPSA) is 55.8 Å². The second-order valence-electron chi connectivity index (χ2n) is 7.14. The summed E-state index contributed by atoms with van der Waals surface area (Å²) in [6.07, 6.45) is 9.84. The van der Waals surface area contributed by atoms with Crippen LogP contribution in [-0.2, 0) is 6.42 Å². The fourth-order valence-corrected chi connectivity index (χ4v) is 2.89. The molecule has 2 aromatic rings. The molecule has 0 aliphatic rings. The van der Waals surface area contributed by atoms with E-state index in [4.69, 9.17) is 9.47 Å². The minimum Gasteiger partial charge on any atom is -0.508 e. The first kappa shape index (κ1) is 23.3. The van der Waals surface area contributed by atoms with Crippen molar-refractivity contribution in [3.8, 4) is 17.2 Å². The highest BCUT2D eigenvalue weighted by Gasteiger charge is 2.13. The quantitative estimate of drug-likeness (QED) is 0.181. The van der Waals surface area contributed by atoms with Gasteiger partial charge in [-0.2, -0.15) is 0 Å². The highest BCUT2D eigenvalue weighted by atomic mass is 16.5. The van der Waals surface area contributed by atoms with Crippen LogP contribution < -0.4 is 9.47 Å². The van der Waals surface area contributed by atoms with Crippen molar-refractivity contribution >= 4 is 11.9 Å². The molecule has 0 amide bonds. The number of aromatic hydroxyl groups is 1. The highest BCUT2D eigenvalue weighted by molar-refractivity contribution is 6.06. The molecular formula is C26H32O4. The van der Waals surface area contributed by atoms with Crippen LogP contribution >= 0.6 is 0 Å². The minimum absolute atomic E-state index is 0.132. The maximum atomic E-state index is 12.4. The molecule has 4 heteroatoms. The zero-order chi connectivity index (χ0) is 21.8. The van der Waals surface area contributed by atoms with Crippen LogP contribution in [0, 0.1) is 0 Å². The summed E-state index contributed by atoms with van der Waals surface area (Å²) in [6.45, 7) is 9.39. The molecule has 0 heterocycles. The fourth-order valence-electron chi connectivity index (χ4n) is 2.89. The van der Waals surface area contributed by atoms with E-state index >= 15 is 0 Å². The summed E-state index contributed by atoms with van der Waals surface area (Å²) in [5, 5.41) is 9.39. The number of phenols is 1. The third-order valence-corrected chi connectivity index (χ3v) is 4.63. The Morgan fingerprint density at radius 3 is 2.07 bits per heavy atom. The van der Waals surface area contributed by atoms with Crippen molar-refractivity contribution in [3.05, 3.63) is 71.8 Å². The van der Waals surface area contributed by atoms with Crippen molar-refractivity contribution in [1.29, 1.82) is 0 Å². The molecule has 30 heavy (non-hydrogen) atoms. The summed E-state index contributed by atoms with van der Waals surface area (Å²) in [5.41, 5.74) is 2.35. The van der Waals surface area contributed by atoms with Crippen LogP contribution in [0.5, 0.6) is 17.2 Å². The smallest absolute Gasteiger partial charge is 0.185 e. The van der Waals surface area contributed by atoms with Crippen molar-refractivity contribution < 1.29 is 19.4 Å². The Balaban J connectivity index is 2.32. The molecule has 2 rings (SSSR count). The zero-order valence-corrected chi connectivity index (χ0v) is 18.0. The van der Waals surface area contributed by atoms with Crippen LogP contribution in [0.2, 0.25) is 0 Å². The second kappa shape index (κ2) is 12.5. The van der Waals surface area contributed by atoms with E-state index < -0.39 is 0 Å². The molecule has 0 saturated heterocycles. The first-order chi connectivity index (χ1) is 14.6. The number of phenolic OH excluding ortho intramolecular Hbond substituents is 1. The van der Waals surface area contributed by atoms with Gasteiger partial charge in [0.15, 0.2) is 5.78 Å². The number of carbonyl (C=O) groups excluding carboxylic acids is 1. The SMILES string of the molecule is C=CCc1c(OCCCC)cc(/C=C/C(=O)c2ccc(O)cc2)cc1OCCCC. The summed E-state index contributed by atoms with van der Waals surface area (Å²) in [7, 11) is 0. The summed E-state index contributed by atoms with van der Waals surface area (Å²) in [5.74, 6) is 1.55. The van der Waals surface area contributed by atoms with Gasteiger partial charge in [-0.25, -0.2) is 0 Å². The molecule has 0 unspecified atom stereocenters. The van der Waals surface area contributed by atoms with E-state index in [-0.39, 0.29) is 11.5 Å². The maximum absolute atomic E-state index is 12.4. The van der Waals surface area contributed by atoms with E-state index in [0.29, 0.717) is 25.2 Å². The van der Waals surface area contributed by atoms with Gasteiger partial charge in [-0.3, -0.25) is 4.79 Å². The number of ketones is 1. The van der Waals surface area contributed by atoms with Crippen molar-refractivity contribution in [2.45, 2.75) is 46.0 Å². The van der Waals surface area contributed by atoms with E-state index in [1.807, 2.05) is 18.2 Å². The number of unbranched alkanes of at least 4 members (excludes halogenated alkanes) is 2. The van der Waals surface area contributed by atoms with Gasteiger partial charge in [0, 0.05) is 11.1 Å². The second-order valence-corrected chi connectivity index (χ2v) is 7.14. The van der Waals surface area contributed by atoms with E-state index in [2.05, 4.69) is 20.4 Å². The Morgan fingerprint density at radius 1 is 1.00 bits per heavy atom. The van der Waals surface area contributed by atoms with Gasteiger partial charge in [-0.05, 0) is 67.3 Å². The molecule has 0 fully saturated rings. The minimum atomic E-state index is -0.132. The molecular weight excluding hydrogens is 376 g/mol. The van der Waals surface area contributed by atoms with Crippen molar-refractivity contribution in [3.63, 3.8) is 0 Å². The monoisotopic (exact) mass is 408 g/mol. The predicted octanol–water partition coefficient (Wildman–Crippen LogP) is 6.37. The molecule has 0 radical (unpaired) electrons. The van der Waals surface area contributed by atoms with Crippen molar-refractivity contribution in [1.82, 2.24) is 0 Å². The van der Waals surface area contributed by atoms with Gasteiger partial charge in [-0.15, -0.1) is 6.58 Å². The molecule has 1 N–H and O–H groups in total. The number of ether oxygens (including phenoxy) is 2. The lowest BCUT2D eigenvalue weighted by atomic mass is 10.0. The number of benzene rings is 2. The molecule has 0 spiro atoms. The molecule has 0 aliphatic heterocycles. The van der Waals surface area contributed by atoms with Crippen LogP contribution in [0.1, 0.15) is 61.0 Å². The van der Waals surface area contributed by atoms with Gasteiger partial charge >= 0.3 is 0 Å². The van der Waals surface area contributed by atoms with Gasteiger partial charge in [0.1, 0.15) is 17.2 Å². The Hall–Kier alpha value is -3.01. The van der Waals surface area contributed by atoms with Gasteiger partial charge < -0.3 is 14.6 Å². The summed E-state index contributed by atoms with van der Waals surface area (Å²) in [6, 6.07) is 10.1. The Kier molecular flexibility index (Phi) is 9.72. The third-order valence-electron chi connectivity index (χ3n) is 4.63. The van der Waals surface area contributed by atoms with E-state index in [9.17, 15) is 9.90 Å². The number of hydrogen-bond acceptors (Lipinski definition) is 4. The standard InChI is InChI=1S/C26H32O4/c1-4-7-16-29-25-18-20(10-15-24(28)21-11-13-22(27)14-12-21)19-26(23(25)9-6-3)30-17-8-5-2/h6,10-15,18-19,27H,3-5,7-9,16-17H2,1-2H3/b15-10+. The zero-order valence-electron chi connectivity index (χ0n) is 18.0. The highest BCUT2D eigenvalue weighted by Crippen LogP contribution is 2.33. The Morgan fingerprint density at radius 2 is 1.57 bits per heavy atom. The molecule has 0 aromatic heterocycles. The summed E-state index contributed by atoms with van der Waals surface area (Å²) >= 11 is 0. The summed E-state index contributed by atoms with van der Waals surface area (Å²) < 4.78 is 12.1. The molecule has 4 nitrogen and oxygen atoms in total. The van der Waals surface area contributed by atoms with Crippen LogP contribution in [0.25, 0.3) is 6.08 Å². The largest absolute Gasteiger partial charge is 0.508 e. The average molecular weight is 409 g/mol. The first-order valence-corrected chi connectivity index (χ1v) is 10.6. The van der Waals surface area contributed by atoms with Crippen LogP contribution in [0.15, 0.2) is 55.1 Å². The first-order valence-electron chi connectivity index (χ1n) is 10.6. The molecule has 0 bridgehead atoms. The van der Waals surface area contributed by atoms with Crippen molar-refractivity contribution in [2.75, 3.05) is 13.2 Å². The Labute approximate surface area is 179 Å². The van der Waals surface area contributed by atoms with Crippen LogP contribution in [0.4, 0.5) is 0 Å². The maximum Gasteiger partial charge on any atom is 0.185 e. The van der Waals surface area contributed by atoms with Crippen LogP contribution in [-0.4, -0.2) is 24.1 Å². The lowest BCUT2D eigenvalue weighted by Gasteiger charge is -2.17. The normalized spacial score (nSPS) is 10.9. The van der Waals surface area contributed by atoms with E-state index in [1.165, 1.54) is 18.2 Å². The van der Waals surface area contributed by atoms with Gasteiger partial charge in [0.05, 0.1) is 13.2 Å². The number of allylic oxidation sites excluding steroid dienone is 2. The van der Waals surface area contributed by atoms with Crippen LogP contribution in [0.3, 0.4) is 0 Å². The third kappa shape index (κ3) is 7.11. The summed E-state index contributed by atoms with van der Waals surface area (Å²) in [4.78, 5) is 12.4. The van der Waals surface area contributed by atoms with Gasteiger partial charge in [-0.1, -0.05) is 38.8 Å². The predicted molar refractivity (Wildman–Crippen MR) is 123 cm³/mol. The molecule has 160 valence electrons. The Bertz CT molecular complexity index is 819. The number of hydrogen-bond donors (Lipinski definition) is 1. The number of rotatable bonds is 13. The van der Waals surface area contributed by atoms with Crippen molar-refractivity contribution in [2.24, 2.45) is 0 Å². The van der Waals surface area contributed by atoms with Gasteiger partial charge in [0.2, 0.25) is 0 Å². The molecule has 2 aromatic carbocycles. The van der Waals surface area contributed by atoms with Gasteiger partial charge in [0.25, 0.3) is 0 Å². The van der Waals surface area contributed by atoms with E-state index in [0.717, 1.165) is 48.3 Å². The number of carbonyl (C=O) groups is 1. The molecule has 0 saturated carbocycles. The molecule has 0 aliphatic carbocycles.